The number of nitrogens with one attached hydrogen (secondary N) is 1. The number of carbonyl (C=O) groups is 1. The molecule has 0 heterocycles. The Hall–Kier alpha value is -1.74. The zero-order valence-corrected chi connectivity index (χ0v) is 15.3. The van der Waals surface area contributed by atoms with Crippen LogP contribution in [0.15, 0.2) is 42.5 Å². The molecule has 0 unspecified atom stereocenters. The molecule has 0 spiro atoms. The van der Waals surface area contributed by atoms with E-state index in [2.05, 4.69) is 61.6 Å². The molecule has 0 aromatic heterocycles. The molecular weight excluding hydrogens is 314 g/mol. The smallest absolute Gasteiger partial charge is 0.230 e. The first-order chi connectivity index (χ1) is 11.6. The Labute approximate surface area is 149 Å². The van der Waals surface area contributed by atoms with Gasteiger partial charge in [0, 0.05) is 5.75 Å². The Morgan fingerprint density at radius 2 is 1.88 bits per heavy atom. The molecule has 1 aliphatic carbocycles. The lowest BCUT2D eigenvalue weighted by Crippen LogP contribution is -2.28. The third-order valence-electron chi connectivity index (χ3n) is 4.62. The number of hydrogen-bond donors (Lipinski definition) is 1. The van der Waals surface area contributed by atoms with Crippen LogP contribution < -0.4 is 5.32 Å². The highest BCUT2D eigenvalue weighted by Gasteiger charge is 2.14. The van der Waals surface area contributed by atoms with Gasteiger partial charge in [0.05, 0.1) is 11.8 Å². The van der Waals surface area contributed by atoms with Crippen LogP contribution in [0, 0.1) is 6.92 Å². The summed E-state index contributed by atoms with van der Waals surface area (Å²) in [6.07, 6.45) is 3.64. The van der Waals surface area contributed by atoms with E-state index in [4.69, 9.17) is 0 Å². The summed E-state index contributed by atoms with van der Waals surface area (Å²) in [5.74, 6) is 1.49. The van der Waals surface area contributed by atoms with Crippen LogP contribution in [-0.4, -0.2) is 11.7 Å². The van der Waals surface area contributed by atoms with Crippen molar-refractivity contribution in [3.8, 4) is 0 Å². The Morgan fingerprint density at radius 1 is 1.12 bits per heavy atom. The third-order valence-corrected chi connectivity index (χ3v) is 5.63. The van der Waals surface area contributed by atoms with Gasteiger partial charge in [0.1, 0.15) is 0 Å². The summed E-state index contributed by atoms with van der Waals surface area (Å²) >= 11 is 1.67. The first-order valence-corrected chi connectivity index (χ1v) is 9.81. The van der Waals surface area contributed by atoms with Crippen molar-refractivity contribution in [1.82, 2.24) is 5.32 Å². The van der Waals surface area contributed by atoms with E-state index in [9.17, 15) is 4.79 Å². The second kappa shape index (κ2) is 7.89. The third kappa shape index (κ3) is 4.41. The summed E-state index contributed by atoms with van der Waals surface area (Å²) in [6, 6.07) is 15.2. The molecular formula is C21H25NOS. The van der Waals surface area contributed by atoms with E-state index in [1.165, 1.54) is 47.1 Å². The van der Waals surface area contributed by atoms with Gasteiger partial charge in [0.25, 0.3) is 0 Å². The lowest BCUT2D eigenvalue weighted by molar-refractivity contribution is -0.119. The fourth-order valence-corrected chi connectivity index (χ4v) is 3.97. The van der Waals surface area contributed by atoms with Crippen molar-refractivity contribution in [2.75, 3.05) is 5.75 Å². The van der Waals surface area contributed by atoms with Gasteiger partial charge in [-0.1, -0.05) is 48.0 Å². The highest BCUT2D eigenvalue weighted by atomic mass is 32.2. The van der Waals surface area contributed by atoms with Gasteiger partial charge in [-0.3, -0.25) is 4.79 Å². The summed E-state index contributed by atoms with van der Waals surface area (Å²) in [5.41, 5.74) is 6.69. The minimum Gasteiger partial charge on any atom is -0.349 e. The second-order valence-electron chi connectivity index (χ2n) is 6.65. The van der Waals surface area contributed by atoms with Crippen molar-refractivity contribution in [1.29, 1.82) is 0 Å². The molecule has 0 bridgehead atoms. The fraction of sp³-hybridized carbons (Fsp3) is 0.381. The van der Waals surface area contributed by atoms with E-state index in [0.717, 1.165) is 5.75 Å². The number of hydrogen-bond acceptors (Lipinski definition) is 2. The summed E-state index contributed by atoms with van der Waals surface area (Å²) in [7, 11) is 0. The monoisotopic (exact) mass is 339 g/mol. The number of carbonyl (C=O) groups excluding carboxylic acids is 1. The van der Waals surface area contributed by atoms with Crippen molar-refractivity contribution in [2.24, 2.45) is 0 Å². The van der Waals surface area contributed by atoms with E-state index < -0.39 is 0 Å². The Kier molecular flexibility index (Phi) is 5.62. The Morgan fingerprint density at radius 3 is 2.67 bits per heavy atom. The van der Waals surface area contributed by atoms with Gasteiger partial charge >= 0.3 is 0 Å². The second-order valence-corrected chi connectivity index (χ2v) is 7.63. The van der Waals surface area contributed by atoms with Crippen molar-refractivity contribution >= 4 is 17.7 Å². The van der Waals surface area contributed by atoms with Crippen molar-refractivity contribution in [3.05, 3.63) is 70.3 Å². The standard InChI is InChI=1S/C21H25NOS/c1-15-6-8-17(9-7-15)13-24-14-21(23)22-16(2)19-11-10-18-4-3-5-20(18)12-19/h6-12,16H,3-5,13-14H2,1-2H3,(H,22,23)/t16-/m0/s1. The van der Waals surface area contributed by atoms with Crippen molar-refractivity contribution in [3.63, 3.8) is 0 Å². The number of aryl methyl sites for hydroxylation is 3. The van der Waals surface area contributed by atoms with E-state index in [0.29, 0.717) is 5.75 Å². The molecule has 3 rings (SSSR count). The van der Waals surface area contributed by atoms with Crippen molar-refractivity contribution < 1.29 is 4.79 Å². The maximum atomic E-state index is 12.2. The largest absolute Gasteiger partial charge is 0.349 e. The van der Waals surface area contributed by atoms with Gasteiger partial charge in [-0.2, -0.15) is 0 Å². The topological polar surface area (TPSA) is 29.1 Å². The molecule has 24 heavy (non-hydrogen) atoms. The summed E-state index contributed by atoms with van der Waals surface area (Å²) in [5, 5.41) is 3.12. The molecule has 1 amide bonds. The van der Waals surface area contributed by atoms with Crippen LogP contribution in [0.5, 0.6) is 0 Å². The van der Waals surface area contributed by atoms with Gasteiger partial charge in [0.15, 0.2) is 0 Å². The number of thioether (sulfide) groups is 1. The minimum atomic E-state index is 0.0726. The molecule has 0 aliphatic heterocycles. The van der Waals surface area contributed by atoms with Crippen LogP contribution >= 0.6 is 11.8 Å². The van der Waals surface area contributed by atoms with Crippen LogP contribution in [0.1, 0.15) is 47.2 Å². The quantitative estimate of drug-likeness (QED) is 0.834. The maximum Gasteiger partial charge on any atom is 0.230 e. The predicted octanol–water partition coefficient (Wildman–Crippen LogP) is 4.59. The molecule has 2 nitrogen and oxygen atoms in total. The minimum absolute atomic E-state index is 0.0726. The summed E-state index contributed by atoms with van der Waals surface area (Å²) in [4.78, 5) is 12.2. The van der Waals surface area contributed by atoms with E-state index in [1.807, 2.05) is 0 Å². The highest BCUT2D eigenvalue weighted by molar-refractivity contribution is 7.99. The van der Waals surface area contributed by atoms with Crippen LogP contribution in [0.2, 0.25) is 0 Å². The van der Waals surface area contributed by atoms with Gasteiger partial charge in [0.2, 0.25) is 5.91 Å². The van der Waals surface area contributed by atoms with Crippen molar-refractivity contribution in [2.45, 2.75) is 44.9 Å². The van der Waals surface area contributed by atoms with Gasteiger partial charge in [-0.25, -0.2) is 0 Å². The zero-order valence-electron chi connectivity index (χ0n) is 14.5. The highest BCUT2D eigenvalue weighted by Crippen LogP contribution is 2.25. The fourth-order valence-electron chi connectivity index (χ4n) is 3.17. The Bertz CT molecular complexity index is 708. The first-order valence-electron chi connectivity index (χ1n) is 8.66. The average molecular weight is 340 g/mol. The lowest BCUT2D eigenvalue weighted by Gasteiger charge is -2.15. The van der Waals surface area contributed by atoms with Crippen LogP contribution in [-0.2, 0) is 23.4 Å². The molecule has 1 aliphatic rings. The average Bonchev–Trinajstić information content (AvgIpc) is 3.04. The van der Waals surface area contributed by atoms with Crippen LogP contribution in [0.4, 0.5) is 0 Å². The Balaban J connectivity index is 1.46. The molecule has 1 atom stereocenters. The molecule has 2 aromatic rings. The normalized spacial score (nSPS) is 14.2. The number of benzene rings is 2. The summed E-state index contributed by atoms with van der Waals surface area (Å²) < 4.78 is 0. The first kappa shape index (κ1) is 17.1. The summed E-state index contributed by atoms with van der Waals surface area (Å²) in [6.45, 7) is 4.16. The van der Waals surface area contributed by atoms with Gasteiger partial charge in [-0.05, 0) is 55.4 Å². The molecule has 3 heteroatoms. The van der Waals surface area contributed by atoms with Gasteiger partial charge in [-0.15, -0.1) is 11.8 Å². The van der Waals surface area contributed by atoms with E-state index >= 15 is 0 Å². The predicted molar refractivity (Wildman–Crippen MR) is 102 cm³/mol. The number of fused-ring (bicyclic) bond motifs is 1. The molecule has 2 aromatic carbocycles. The molecule has 0 radical (unpaired) electrons. The van der Waals surface area contributed by atoms with Gasteiger partial charge < -0.3 is 5.32 Å². The number of rotatable bonds is 6. The maximum absolute atomic E-state index is 12.2. The molecule has 126 valence electrons. The van der Waals surface area contributed by atoms with Crippen LogP contribution in [0.25, 0.3) is 0 Å². The molecule has 0 saturated carbocycles. The zero-order chi connectivity index (χ0) is 16.9. The number of amides is 1. The van der Waals surface area contributed by atoms with Crippen LogP contribution in [0.3, 0.4) is 0 Å². The molecule has 1 N–H and O–H groups in total. The lowest BCUT2D eigenvalue weighted by atomic mass is 10.0. The van der Waals surface area contributed by atoms with E-state index in [1.54, 1.807) is 11.8 Å². The molecule has 0 saturated heterocycles. The molecule has 0 fully saturated rings. The van der Waals surface area contributed by atoms with E-state index in [-0.39, 0.29) is 11.9 Å². The SMILES string of the molecule is Cc1ccc(CSCC(=O)N[C@@H](C)c2ccc3c(c2)CCC3)cc1.